The summed E-state index contributed by atoms with van der Waals surface area (Å²) in [5.74, 6) is -0.481. The maximum Gasteiger partial charge on any atom is 0.317 e. The number of hydrogen-bond acceptors (Lipinski definition) is 5. The number of carboxylic acids is 1. The monoisotopic (exact) mass is 344 g/mol. The van der Waals surface area contributed by atoms with Crippen LogP contribution in [0.1, 0.15) is 11.1 Å². The van der Waals surface area contributed by atoms with E-state index in [1.165, 1.54) is 0 Å². The van der Waals surface area contributed by atoms with Crippen molar-refractivity contribution in [2.45, 2.75) is 13.1 Å². The Morgan fingerprint density at radius 2 is 1.40 bits per heavy atom. The Labute approximate surface area is 147 Å². The van der Waals surface area contributed by atoms with Gasteiger partial charge >= 0.3 is 5.97 Å². The first-order chi connectivity index (χ1) is 12.0. The van der Waals surface area contributed by atoms with Gasteiger partial charge in [0.25, 0.3) is 0 Å². The molecule has 0 saturated carbocycles. The molecule has 0 amide bonds. The lowest BCUT2D eigenvalue weighted by molar-refractivity contribution is -0.138. The van der Waals surface area contributed by atoms with Crippen LogP contribution in [0.3, 0.4) is 0 Å². The van der Waals surface area contributed by atoms with Crippen LogP contribution in [-0.4, -0.2) is 57.8 Å². The SMILES string of the molecule is CN(CCN(CC(=O)O)Cc1ccccc1O)Cc1ccccc1O. The Kier molecular flexibility index (Phi) is 6.80. The highest BCUT2D eigenvalue weighted by atomic mass is 16.4. The molecule has 0 spiro atoms. The van der Waals surface area contributed by atoms with Crippen LogP contribution in [0.15, 0.2) is 48.5 Å². The first-order valence-corrected chi connectivity index (χ1v) is 8.12. The molecule has 134 valence electrons. The largest absolute Gasteiger partial charge is 0.508 e. The van der Waals surface area contributed by atoms with Gasteiger partial charge in [-0.15, -0.1) is 0 Å². The van der Waals surface area contributed by atoms with Crippen molar-refractivity contribution in [2.24, 2.45) is 0 Å². The van der Waals surface area contributed by atoms with E-state index in [9.17, 15) is 15.0 Å². The van der Waals surface area contributed by atoms with Gasteiger partial charge in [-0.2, -0.15) is 0 Å². The quantitative estimate of drug-likeness (QED) is 0.646. The molecule has 0 heterocycles. The molecule has 0 aliphatic rings. The van der Waals surface area contributed by atoms with Crippen molar-refractivity contribution in [3.8, 4) is 11.5 Å². The molecule has 3 N–H and O–H groups in total. The lowest BCUT2D eigenvalue weighted by Crippen LogP contribution is -2.36. The van der Waals surface area contributed by atoms with E-state index >= 15 is 0 Å². The van der Waals surface area contributed by atoms with E-state index in [4.69, 9.17) is 5.11 Å². The number of carboxylic acid groups (broad SMARTS) is 1. The Bertz CT molecular complexity index is 705. The smallest absolute Gasteiger partial charge is 0.317 e. The van der Waals surface area contributed by atoms with Crippen molar-refractivity contribution < 1.29 is 20.1 Å². The fourth-order valence-corrected chi connectivity index (χ4v) is 2.62. The van der Waals surface area contributed by atoms with Gasteiger partial charge in [0.1, 0.15) is 11.5 Å². The molecule has 0 saturated heterocycles. The van der Waals surface area contributed by atoms with E-state index in [1.54, 1.807) is 35.2 Å². The van der Waals surface area contributed by atoms with Crippen molar-refractivity contribution in [1.29, 1.82) is 0 Å². The molecular formula is C19H24N2O4. The molecule has 6 nitrogen and oxygen atoms in total. The van der Waals surface area contributed by atoms with Crippen LogP contribution < -0.4 is 0 Å². The Morgan fingerprint density at radius 3 is 1.92 bits per heavy atom. The van der Waals surface area contributed by atoms with E-state index in [0.717, 1.165) is 5.56 Å². The molecule has 25 heavy (non-hydrogen) atoms. The summed E-state index contributed by atoms with van der Waals surface area (Å²) in [4.78, 5) is 14.9. The summed E-state index contributed by atoms with van der Waals surface area (Å²) >= 11 is 0. The lowest BCUT2D eigenvalue weighted by Gasteiger charge is -2.24. The fourth-order valence-electron chi connectivity index (χ4n) is 2.62. The van der Waals surface area contributed by atoms with Gasteiger partial charge in [-0.25, -0.2) is 0 Å². The van der Waals surface area contributed by atoms with E-state index in [0.29, 0.717) is 31.7 Å². The Morgan fingerprint density at radius 1 is 0.880 bits per heavy atom. The number of likely N-dealkylation sites (N-methyl/N-ethyl adjacent to an activating group) is 1. The van der Waals surface area contributed by atoms with Crippen LogP contribution in [0, 0.1) is 0 Å². The van der Waals surface area contributed by atoms with Gasteiger partial charge in [-0.05, 0) is 19.2 Å². The van der Waals surface area contributed by atoms with Gasteiger partial charge in [-0.1, -0.05) is 36.4 Å². The number of carbonyl (C=O) groups is 1. The molecule has 0 unspecified atom stereocenters. The molecule has 6 heteroatoms. The summed E-state index contributed by atoms with van der Waals surface area (Å²) in [5, 5.41) is 28.8. The second-order valence-electron chi connectivity index (χ2n) is 6.10. The molecule has 0 aromatic heterocycles. The zero-order valence-electron chi connectivity index (χ0n) is 14.3. The summed E-state index contributed by atoms with van der Waals surface area (Å²) in [6.45, 7) is 2.01. The van der Waals surface area contributed by atoms with Crippen molar-refractivity contribution in [3.63, 3.8) is 0 Å². The summed E-state index contributed by atoms with van der Waals surface area (Å²) in [6.07, 6.45) is 0. The van der Waals surface area contributed by atoms with Crippen molar-refractivity contribution in [1.82, 2.24) is 9.80 Å². The van der Waals surface area contributed by atoms with Gasteiger partial charge < -0.3 is 20.2 Å². The first-order valence-electron chi connectivity index (χ1n) is 8.12. The second kappa shape index (κ2) is 9.05. The molecule has 2 rings (SSSR count). The topological polar surface area (TPSA) is 84.2 Å². The molecule has 0 atom stereocenters. The molecule has 0 aliphatic heterocycles. The first kappa shape index (κ1) is 18.8. The molecular weight excluding hydrogens is 320 g/mol. The standard InChI is InChI=1S/C19H24N2O4/c1-20(12-15-6-2-4-8-17(15)22)10-11-21(14-19(24)25)13-16-7-3-5-9-18(16)23/h2-9,22-23H,10-14H2,1H3,(H,24,25). The zero-order valence-corrected chi connectivity index (χ0v) is 14.3. The number of phenols is 2. The number of rotatable bonds is 9. The van der Waals surface area contributed by atoms with Gasteiger partial charge in [0.15, 0.2) is 0 Å². The van der Waals surface area contributed by atoms with Crippen LogP contribution in [0.4, 0.5) is 0 Å². The third-order valence-electron chi connectivity index (χ3n) is 3.97. The fraction of sp³-hybridized carbons (Fsp3) is 0.316. The molecule has 0 bridgehead atoms. The average Bonchev–Trinajstić information content (AvgIpc) is 2.56. The number of phenolic OH excluding ortho intramolecular Hbond substituents is 2. The maximum atomic E-state index is 11.1. The lowest BCUT2D eigenvalue weighted by atomic mass is 10.2. The summed E-state index contributed by atoms with van der Waals surface area (Å²) in [6, 6.07) is 14.1. The predicted octanol–water partition coefficient (Wildman–Crippen LogP) is 2.12. The number of para-hydroxylation sites is 2. The van der Waals surface area contributed by atoms with Crippen LogP contribution in [0.5, 0.6) is 11.5 Å². The average molecular weight is 344 g/mol. The number of nitrogens with zero attached hydrogens (tertiary/aromatic N) is 2. The highest BCUT2D eigenvalue weighted by Gasteiger charge is 2.14. The summed E-state index contributed by atoms with van der Waals surface area (Å²) < 4.78 is 0. The minimum absolute atomic E-state index is 0.0985. The van der Waals surface area contributed by atoms with Crippen LogP contribution in [0.25, 0.3) is 0 Å². The minimum atomic E-state index is -0.904. The predicted molar refractivity (Wildman–Crippen MR) is 95.5 cm³/mol. The van der Waals surface area contributed by atoms with E-state index < -0.39 is 5.97 Å². The molecule has 2 aromatic carbocycles. The normalized spacial score (nSPS) is 11.2. The highest BCUT2D eigenvalue weighted by Crippen LogP contribution is 2.19. The van der Waals surface area contributed by atoms with Gasteiger partial charge in [0, 0.05) is 37.3 Å². The van der Waals surface area contributed by atoms with Gasteiger partial charge in [0.2, 0.25) is 0 Å². The molecule has 0 fully saturated rings. The van der Waals surface area contributed by atoms with Crippen molar-refractivity contribution in [3.05, 3.63) is 59.7 Å². The summed E-state index contributed by atoms with van der Waals surface area (Å²) in [5.41, 5.74) is 1.53. The maximum absolute atomic E-state index is 11.1. The zero-order chi connectivity index (χ0) is 18.2. The molecule has 0 radical (unpaired) electrons. The molecule has 2 aromatic rings. The number of hydrogen-bond donors (Lipinski definition) is 3. The number of aliphatic carboxylic acids is 1. The van der Waals surface area contributed by atoms with Crippen molar-refractivity contribution in [2.75, 3.05) is 26.7 Å². The Balaban J connectivity index is 1.94. The second-order valence-corrected chi connectivity index (χ2v) is 6.10. The third kappa shape index (κ3) is 6.10. The van der Waals surface area contributed by atoms with Crippen LogP contribution >= 0.6 is 0 Å². The Hall–Kier alpha value is -2.57. The van der Waals surface area contributed by atoms with E-state index in [2.05, 4.69) is 0 Å². The van der Waals surface area contributed by atoms with E-state index in [1.807, 2.05) is 30.1 Å². The van der Waals surface area contributed by atoms with Gasteiger partial charge in [-0.3, -0.25) is 9.69 Å². The van der Waals surface area contributed by atoms with Crippen LogP contribution in [0.2, 0.25) is 0 Å². The van der Waals surface area contributed by atoms with Gasteiger partial charge in [0.05, 0.1) is 6.54 Å². The third-order valence-corrected chi connectivity index (χ3v) is 3.97. The van der Waals surface area contributed by atoms with Crippen LogP contribution in [-0.2, 0) is 17.9 Å². The van der Waals surface area contributed by atoms with Crippen molar-refractivity contribution >= 4 is 5.97 Å². The molecule has 0 aliphatic carbocycles. The minimum Gasteiger partial charge on any atom is -0.508 e. The number of aromatic hydroxyl groups is 2. The summed E-state index contributed by atoms with van der Waals surface area (Å²) in [7, 11) is 1.92. The highest BCUT2D eigenvalue weighted by molar-refractivity contribution is 5.69. The number of benzene rings is 2. The van der Waals surface area contributed by atoms with E-state index in [-0.39, 0.29) is 18.0 Å².